The lowest BCUT2D eigenvalue weighted by Crippen LogP contribution is -2.12. The Morgan fingerprint density at radius 2 is 1.20 bits per heavy atom. The Balaban J connectivity index is 1.54. The molecule has 6 rings (SSSR count). The largest absolute Gasteiger partial charge is 0.355 e. The molecule has 1 heterocycles. The minimum atomic E-state index is 0.564. The number of rotatable bonds is 6. The van der Waals surface area contributed by atoms with Gasteiger partial charge in [0.05, 0.1) is 16.7 Å². The summed E-state index contributed by atoms with van der Waals surface area (Å²) in [5.74, 6) is 1.24. The molecule has 5 aromatic carbocycles. The number of allylic oxidation sites excluding steroid dienone is 1. The maximum absolute atomic E-state index is 5.12. The van der Waals surface area contributed by atoms with E-state index in [1.54, 1.807) is 6.08 Å². The number of para-hydroxylation sites is 2. The molecule has 1 N–H and O–H groups in total. The first-order valence-corrected chi connectivity index (χ1v) is 13.2. The fourth-order valence-corrected chi connectivity index (χ4v) is 4.84. The number of aromatic nitrogens is 1. The fraction of sp³-hybridized carbons (Fsp3) is 0. The smallest absolute Gasteiger partial charge is 0.162 e. The van der Waals surface area contributed by atoms with E-state index in [0.29, 0.717) is 17.4 Å². The summed E-state index contributed by atoms with van der Waals surface area (Å²) in [6.07, 6.45) is 1.78. The van der Waals surface area contributed by atoms with E-state index < -0.39 is 0 Å². The zero-order valence-electron chi connectivity index (χ0n) is 22.0. The number of aliphatic imine (C=N–C) groups is 2. The number of hydrogen-bond donors (Lipinski definition) is 1. The van der Waals surface area contributed by atoms with Crippen LogP contribution in [-0.4, -0.2) is 16.2 Å². The van der Waals surface area contributed by atoms with Crippen LogP contribution in [-0.2, 0) is 0 Å². The van der Waals surface area contributed by atoms with Gasteiger partial charge in [-0.25, -0.2) is 9.98 Å². The molecule has 4 heteroatoms. The molecule has 0 bridgehead atoms. The maximum Gasteiger partial charge on any atom is 0.162 e. The molecule has 192 valence electrons. The van der Waals surface area contributed by atoms with Crippen molar-refractivity contribution < 1.29 is 0 Å². The van der Waals surface area contributed by atoms with Crippen molar-refractivity contribution >= 4 is 50.5 Å². The first-order valence-electron chi connectivity index (χ1n) is 13.2. The summed E-state index contributed by atoms with van der Waals surface area (Å²) in [7, 11) is 0. The SMILES string of the molecule is C=CC(=NC(=NC(=C)c1ccccc1)c1ccccc1)n1c2ccccc2c2ccc(Nc3ccccc3)cc21. The Morgan fingerprint density at radius 3 is 1.90 bits per heavy atom. The summed E-state index contributed by atoms with van der Waals surface area (Å²) in [6, 6.07) is 44.9. The Labute approximate surface area is 234 Å². The Morgan fingerprint density at radius 1 is 0.600 bits per heavy atom. The van der Waals surface area contributed by atoms with Gasteiger partial charge in [-0.3, -0.25) is 4.57 Å². The van der Waals surface area contributed by atoms with Crippen LogP contribution in [0.4, 0.5) is 11.4 Å². The van der Waals surface area contributed by atoms with Gasteiger partial charge in [-0.2, -0.15) is 0 Å². The monoisotopic (exact) mass is 516 g/mol. The standard InChI is InChI=1S/C36H28N4/c1-3-35(39-36(28-17-9-5-10-18-28)37-26(2)27-15-7-4-8-16-27)40-33-22-14-13-21-31(33)32-24-23-30(25-34(32)40)38-29-19-11-6-12-20-29/h3-25,38H,1-2H2. The zero-order valence-corrected chi connectivity index (χ0v) is 22.0. The molecule has 1 aromatic heterocycles. The number of hydrogen-bond acceptors (Lipinski definition) is 2. The minimum Gasteiger partial charge on any atom is -0.355 e. The van der Waals surface area contributed by atoms with Crippen LogP contribution >= 0.6 is 0 Å². The average molecular weight is 517 g/mol. The van der Waals surface area contributed by atoms with Crippen molar-refractivity contribution in [2.24, 2.45) is 9.98 Å². The van der Waals surface area contributed by atoms with Gasteiger partial charge in [-0.1, -0.05) is 116 Å². The molecular formula is C36H28N4. The number of anilines is 2. The highest BCUT2D eigenvalue weighted by Crippen LogP contribution is 2.32. The molecule has 0 radical (unpaired) electrons. The van der Waals surface area contributed by atoms with Gasteiger partial charge in [0.15, 0.2) is 5.84 Å². The van der Waals surface area contributed by atoms with Crippen molar-refractivity contribution in [2.75, 3.05) is 5.32 Å². The maximum atomic E-state index is 5.12. The number of benzene rings is 5. The summed E-state index contributed by atoms with van der Waals surface area (Å²) in [4.78, 5) is 10.0. The number of nitrogens with one attached hydrogen (secondary N) is 1. The predicted octanol–water partition coefficient (Wildman–Crippen LogP) is 9.09. The Hall–Kier alpha value is -5.48. The summed E-state index contributed by atoms with van der Waals surface area (Å²) >= 11 is 0. The summed E-state index contributed by atoms with van der Waals surface area (Å²) in [6.45, 7) is 8.40. The van der Waals surface area contributed by atoms with Gasteiger partial charge in [0.25, 0.3) is 0 Å². The fourth-order valence-electron chi connectivity index (χ4n) is 4.84. The highest BCUT2D eigenvalue weighted by Gasteiger charge is 2.15. The molecule has 0 aliphatic heterocycles. The second-order valence-electron chi connectivity index (χ2n) is 9.36. The molecule has 4 nitrogen and oxygen atoms in total. The molecule has 0 aliphatic rings. The van der Waals surface area contributed by atoms with Gasteiger partial charge in [0, 0.05) is 27.7 Å². The van der Waals surface area contributed by atoms with E-state index in [4.69, 9.17) is 9.98 Å². The van der Waals surface area contributed by atoms with Gasteiger partial charge in [-0.05, 0) is 42.0 Å². The van der Waals surface area contributed by atoms with Gasteiger partial charge in [-0.15, -0.1) is 0 Å². The molecule has 0 atom stereocenters. The summed E-state index contributed by atoms with van der Waals surface area (Å²) in [5, 5.41) is 5.80. The van der Waals surface area contributed by atoms with Crippen molar-refractivity contribution in [3.63, 3.8) is 0 Å². The lowest BCUT2D eigenvalue weighted by atomic mass is 10.1. The van der Waals surface area contributed by atoms with Gasteiger partial charge in [0.2, 0.25) is 0 Å². The second-order valence-corrected chi connectivity index (χ2v) is 9.36. The van der Waals surface area contributed by atoms with E-state index in [1.165, 1.54) is 0 Å². The van der Waals surface area contributed by atoms with E-state index in [1.807, 2.05) is 84.9 Å². The molecule has 6 aromatic rings. The third-order valence-corrected chi connectivity index (χ3v) is 6.75. The molecule has 0 spiro atoms. The van der Waals surface area contributed by atoms with E-state index >= 15 is 0 Å². The highest BCUT2D eigenvalue weighted by atomic mass is 15.1. The minimum absolute atomic E-state index is 0.564. The van der Waals surface area contributed by atoms with Crippen LogP contribution in [0.5, 0.6) is 0 Å². The van der Waals surface area contributed by atoms with Gasteiger partial charge >= 0.3 is 0 Å². The first-order chi connectivity index (χ1) is 19.7. The van der Waals surface area contributed by atoms with Crippen molar-refractivity contribution in [3.8, 4) is 0 Å². The predicted molar refractivity (Wildman–Crippen MR) is 171 cm³/mol. The Kier molecular flexibility index (Phi) is 6.89. The molecule has 0 unspecified atom stereocenters. The molecule has 0 amide bonds. The van der Waals surface area contributed by atoms with E-state index in [9.17, 15) is 0 Å². The zero-order chi connectivity index (χ0) is 27.3. The van der Waals surface area contributed by atoms with Crippen molar-refractivity contribution in [2.45, 2.75) is 0 Å². The molecule has 0 aliphatic carbocycles. The highest BCUT2D eigenvalue weighted by molar-refractivity contribution is 6.19. The number of fused-ring (bicyclic) bond motifs is 3. The molecule has 0 saturated heterocycles. The second kappa shape index (κ2) is 11.1. The molecule has 0 fully saturated rings. The van der Waals surface area contributed by atoms with Crippen LogP contribution in [0.15, 0.2) is 163 Å². The van der Waals surface area contributed by atoms with Crippen molar-refractivity contribution in [3.05, 3.63) is 164 Å². The van der Waals surface area contributed by atoms with E-state index in [0.717, 1.165) is 44.3 Å². The molecule has 40 heavy (non-hydrogen) atoms. The topological polar surface area (TPSA) is 41.7 Å². The quantitative estimate of drug-likeness (QED) is 0.174. The number of nitrogens with zero attached hydrogens (tertiary/aromatic N) is 3. The van der Waals surface area contributed by atoms with Crippen LogP contribution < -0.4 is 5.32 Å². The summed E-state index contributed by atoms with van der Waals surface area (Å²) in [5.41, 5.74) is 6.56. The summed E-state index contributed by atoms with van der Waals surface area (Å²) < 4.78 is 2.15. The van der Waals surface area contributed by atoms with Crippen LogP contribution in [0, 0.1) is 0 Å². The Bertz CT molecular complexity index is 1880. The first kappa shape index (κ1) is 24.8. The lowest BCUT2D eigenvalue weighted by molar-refractivity contribution is 1.27. The van der Waals surface area contributed by atoms with Gasteiger partial charge in [0.1, 0.15) is 5.84 Å². The van der Waals surface area contributed by atoms with Crippen molar-refractivity contribution in [1.29, 1.82) is 0 Å². The normalized spacial score (nSPS) is 12.0. The van der Waals surface area contributed by atoms with Crippen LogP contribution in [0.2, 0.25) is 0 Å². The van der Waals surface area contributed by atoms with Crippen LogP contribution in [0.25, 0.3) is 27.5 Å². The third-order valence-electron chi connectivity index (χ3n) is 6.75. The van der Waals surface area contributed by atoms with Gasteiger partial charge < -0.3 is 5.32 Å². The van der Waals surface area contributed by atoms with Crippen molar-refractivity contribution in [1.82, 2.24) is 4.57 Å². The van der Waals surface area contributed by atoms with E-state index in [-0.39, 0.29) is 0 Å². The molecule has 0 saturated carbocycles. The molecular weight excluding hydrogens is 488 g/mol. The third kappa shape index (κ3) is 4.98. The average Bonchev–Trinajstić information content (AvgIpc) is 3.34. The van der Waals surface area contributed by atoms with E-state index in [2.05, 4.69) is 71.6 Å². The van der Waals surface area contributed by atoms with Crippen LogP contribution in [0.1, 0.15) is 11.1 Å². The van der Waals surface area contributed by atoms with Crippen LogP contribution in [0.3, 0.4) is 0 Å². The lowest BCUT2D eigenvalue weighted by Gasteiger charge is -2.11. The number of amidine groups is 1.